The normalized spacial score (nSPS) is 16.2. The van der Waals surface area contributed by atoms with Crippen molar-refractivity contribution in [3.63, 3.8) is 0 Å². The van der Waals surface area contributed by atoms with E-state index in [1.165, 1.54) is 9.21 Å². The van der Waals surface area contributed by atoms with E-state index in [-0.39, 0.29) is 19.0 Å². The molecular formula is C26H34N2O5S. The summed E-state index contributed by atoms with van der Waals surface area (Å²) in [6, 6.07) is 10.9. The van der Waals surface area contributed by atoms with Gasteiger partial charge in [-0.1, -0.05) is 36.4 Å². The summed E-state index contributed by atoms with van der Waals surface area (Å²) >= 11 is 0. The van der Waals surface area contributed by atoms with Crippen molar-refractivity contribution in [1.29, 1.82) is 0 Å². The number of nitrogens with zero attached hydrogens (tertiary/aromatic N) is 2. The van der Waals surface area contributed by atoms with Gasteiger partial charge in [0.05, 0.1) is 10.8 Å². The molecule has 2 aromatic rings. The maximum Gasteiger partial charge on any atom is 0.310 e. The first-order valence-electron chi connectivity index (χ1n) is 11.5. The molecule has 1 aliphatic heterocycles. The van der Waals surface area contributed by atoms with E-state index in [0.29, 0.717) is 23.3 Å². The van der Waals surface area contributed by atoms with Crippen molar-refractivity contribution in [2.75, 3.05) is 27.2 Å². The van der Waals surface area contributed by atoms with Gasteiger partial charge in [-0.3, -0.25) is 9.59 Å². The SMILES string of the molecule is Cc1cc(C)c(C)c(S(=O)(=O)N2CCC(C(=O)OC(C(=O)N(C)C)c3ccccc3)CC2)c1C. The van der Waals surface area contributed by atoms with Crippen LogP contribution in [0.25, 0.3) is 0 Å². The van der Waals surface area contributed by atoms with Gasteiger partial charge in [0.1, 0.15) is 0 Å². The van der Waals surface area contributed by atoms with E-state index in [4.69, 9.17) is 4.74 Å². The van der Waals surface area contributed by atoms with Crippen molar-refractivity contribution >= 4 is 21.9 Å². The molecule has 34 heavy (non-hydrogen) atoms. The molecule has 184 valence electrons. The summed E-state index contributed by atoms with van der Waals surface area (Å²) in [7, 11) is -0.453. The minimum absolute atomic E-state index is 0.228. The lowest BCUT2D eigenvalue weighted by atomic mass is 9.98. The van der Waals surface area contributed by atoms with Gasteiger partial charge >= 0.3 is 5.97 Å². The van der Waals surface area contributed by atoms with Gasteiger partial charge in [0, 0.05) is 32.7 Å². The number of rotatable bonds is 6. The summed E-state index contributed by atoms with van der Waals surface area (Å²) in [5.41, 5.74) is 4.01. The number of benzene rings is 2. The number of piperidine rings is 1. The van der Waals surface area contributed by atoms with Crippen LogP contribution in [0.15, 0.2) is 41.3 Å². The molecule has 0 bridgehead atoms. The maximum absolute atomic E-state index is 13.5. The Hall–Kier alpha value is -2.71. The lowest BCUT2D eigenvalue weighted by Crippen LogP contribution is -2.42. The molecular weight excluding hydrogens is 452 g/mol. The molecule has 0 saturated carbocycles. The van der Waals surface area contributed by atoms with Crippen LogP contribution in [0, 0.1) is 33.6 Å². The molecule has 1 fully saturated rings. The van der Waals surface area contributed by atoms with Gasteiger partial charge in [0.2, 0.25) is 16.1 Å². The second-order valence-corrected chi connectivity index (χ2v) is 11.1. The van der Waals surface area contributed by atoms with Gasteiger partial charge in [0.25, 0.3) is 5.91 Å². The molecule has 1 aliphatic rings. The molecule has 0 N–H and O–H groups in total. The van der Waals surface area contributed by atoms with Crippen molar-refractivity contribution in [2.45, 2.75) is 51.5 Å². The predicted molar refractivity (Wildman–Crippen MR) is 131 cm³/mol. The highest BCUT2D eigenvalue weighted by Crippen LogP contribution is 2.32. The molecule has 2 aromatic carbocycles. The molecule has 1 unspecified atom stereocenters. The van der Waals surface area contributed by atoms with Crippen LogP contribution in [0.3, 0.4) is 0 Å². The summed E-state index contributed by atoms with van der Waals surface area (Å²) in [6.07, 6.45) is -0.330. The van der Waals surface area contributed by atoms with Crippen LogP contribution in [0.4, 0.5) is 0 Å². The highest BCUT2D eigenvalue weighted by atomic mass is 32.2. The number of esters is 1. The third-order valence-corrected chi connectivity index (χ3v) is 8.86. The van der Waals surface area contributed by atoms with Crippen molar-refractivity contribution in [3.05, 3.63) is 64.2 Å². The number of likely N-dealkylation sites (N-methyl/N-ethyl adjacent to an activating group) is 1. The van der Waals surface area contributed by atoms with Gasteiger partial charge < -0.3 is 9.64 Å². The lowest BCUT2D eigenvalue weighted by Gasteiger charge is -2.32. The van der Waals surface area contributed by atoms with E-state index in [2.05, 4.69) is 0 Å². The number of carbonyl (C=O) groups excluding carboxylic acids is 2. The van der Waals surface area contributed by atoms with E-state index >= 15 is 0 Å². The average Bonchev–Trinajstić information content (AvgIpc) is 2.81. The number of hydrogen-bond acceptors (Lipinski definition) is 5. The van der Waals surface area contributed by atoms with E-state index in [1.807, 2.05) is 39.8 Å². The Balaban J connectivity index is 1.74. The molecule has 0 radical (unpaired) electrons. The van der Waals surface area contributed by atoms with Crippen LogP contribution in [-0.4, -0.2) is 56.7 Å². The van der Waals surface area contributed by atoms with Gasteiger partial charge in [-0.2, -0.15) is 4.31 Å². The number of carbonyl (C=O) groups is 2. The Morgan fingerprint density at radius 2 is 1.50 bits per heavy atom. The van der Waals surface area contributed by atoms with Crippen LogP contribution in [-0.2, 0) is 24.3 Å². The average molecular weight is 487 g/mol. The molecule has 3 rings (SSSR count). The fourth-order valence-electron chi connectivity index (χ4n) is 4.36. The number of ether oxygens (including phenoxy) is 1. The molecule has 7 nitrogen and oxygen atoms in total. The fourth-order valence-corrected chi connectivity index (χ4v) is 6.41. The molecule has 0 spiro atoms. The lowest BCUT2D eigenvalue weighted by molar-refractivity contribution is -0.164. The second-order valence-electron chi connectivity index (χ2n) is 9.23. The van der Waals surface area contributed by atoms with E-state index < -0.39 is 28.0 Å². The first kappa shape index (κ1) is 25.9. The summed E-state index contributed by atoms with van der Waals surface area (Å²) in [5, 5.41) is 0. The zero-order valence-electron chi connectivity index (χ0n) is 20.8. The number of amides is 1. The number of hydrogen-bond donors (Lipinski definition) is 0. The summed E-state index contributed by atoms with van der Waals surface area (Å²) in [5.74, 6) is -1.26. The predicted octanol–water partition coefficient (Wildman–Crippen LogP) is 3.69. The summed E-state index contributed by atoms with van der Waals surface area (Å²) < 4.78 is 34.1. The molecule has 1 saturated heterocycles. The van der Waals surface area contributed by atoms with Gasteiger partial charge in [-0.25, -0.2) is 8.42 Å². The second kappa shape index (κ2) is 10.3. The van der Waals surface area contributed by atoms with Crippen molar-refractivity contribution in [2.24, 2.45) is 5.92 Å². The van der Waals surface area contributed by atoms with Crippen LogP contribution in [0.2, 0.25) is 0 Å². The molecule has 1 heterocycles. The number of aryl methyl sites for hydroxylation is 2. The highest BCUT2D eigenvalue weighted by Gasteiger charge is 2.36. The molecule has 1 amide bonds. The Bertz CT molecular complexity index is 1140. The monoisotopic (exact) mass is 486 g/mol. The first-order valence-corrected chi connectivity index (χ1v) is 12.9. The van der Waals surface area contributed by atoms with Crippen molar-refractivity contribution < 1.29 is 22.7 Å². The highest BCUT2D eigenvalue weighted by molar-refractivity contribution is 7.89. The minimum Gasteiger partial charge on any atom is -0.447 e. The Morgan fingerprint density at radius 1 is 0.971 bits per heavy atom. The Labute approximate surface area is 202 Å². The van der Waals surface area contributed by atoms with Crippen LogP contribution >= 0.6 is 0 Å². The molecule has 8 heteroatoms. The van der Waals surface area contributed by atoms with Crippen LogP contribution in [0.1, 0.15) is 46.8 Å². The first-order chi connectivity index (χ1) is 15.9. The fraction of sp³-hybridized carbons (Fsp3) is 0.462. The summed E-state index contributed by atoms with van der Waals surface area (Å²) in [4.78, 5) is 27.4. The zero-order chi connectivity index (χ0) is 25.2. The van der Waals surface area contributed by atoms with E-state index in [9.17, 15) is 18.0 Å². The standard InChI is InChI=1S/C26H34N2O5S/c1-17-16-18(2)20(4)24(19(17)3)34(31,32)28-14-12-22(13-15-28)26(30)33-23(25(29)27(5)6)21-10-8-7-9-11-21/h7-11,16,22-23H,12-15H2,1-6H3. The quantitative estimate of drug-likeness (QED) is 0.582. The minimum atomic E-state index is -3.69. The third kappa shape index (κ3) is 5.18. The summed E-state index contributed by atoms with van der Waals surface area (Å²) in [6.45, 7) is 7.97. The van der Waals surface area contributed by atoms with Crippen LogP contribution in [0.5, 0.6) is 0 Å². The topological polar surface area (TPSA) is 84.0 Å². The largest absolute Gasteiger partial charge is 0.447 e. The molecule has 1 atom stereocenters. The van der Waals surface area contributed by atoms with E-state index in [0.717, 1.165) is 22.3 Å². The molecule has 0 aliphatic carbocycles. The Kier molecular flexibility index (Phi) is 7.83. The van der Waals surface area contributed by atoms with Gasteiger partial charge in [0.15, 0.2) is 0 Å². The van der Waals surface area contributed by atoms with Gasteiger partial charge in [-0.15, -0.1) is 0 Å². The Morgan fingerprint density at radius 3 is 2.00 bits per heavy atom. The zero-order valence-corrected chi connectivity index (χ0v) is 21.6. The molecule has 0 aromatic heterocycles. The van der Waals surface area contributed by atoms with Crippen molar-refractivity contribution in [1.82, 2.24) is 9.21 Å². The van der Waals surface area contributed by atoms with Crippen LogP contribution < -0.4 is 0 Å². The van der Waals surface area contributed by atoms with E-state index in [1.54, 1.807) is 38.4 Å². The van der Waals surface area contributed by atoms with Crippen molar-refractivity contribution in [3.8, 4) is 0 Å². The van der Waals surface area contributed by atoms with Gasteiger partial charge in [-0.05, 0) is 62.8 Å². The number of sulfonamides is 1. The maximum atomic E-state index is 13.5. The smallest absolute Gasteiger partial charge is 0.310 e. The third-order valence-electron chi connectivity index (χ3n) is 6.68.